The number of hydrogen-bond acceptors (Lipinski definition) is 0. The molecule has 78 valence electrons. The van der Waals surface area contributed by atoms with Gasteiger partial charge in [-0.25, -0.2) is 0 Å². The molecule has 0 radical (unpaired) electrons. The summed E-state index contributed by atoms with van der Waals surface area (Å²) in [6.45, 7) is 0. The Bertz CT molecular complexity index is 391. The number of rotatable bonds is 2. The van der Waals surface area contributed by atoms with Crippen LogP contribution < -0.4 is 21.2 Å². The number of halogens is 3. The molecule has 0 fully saturated rings. The Morgan fingerprint density at radius 3 is 1.27 bits per heavy atom. The van der Waals surface area contributed by atoms with Gasteiger partial charge in [-0.05, 0) is 0 Å². The van der Waals surface area contributed by atoms with Crippen LogP contribution in [0.3, 0.4) is 0 Å². The van der Waals surface area contributed by atoms with Crippen LogP contribution in [0.25, 0.3) is 0 Å². The first-order valence-electron chi connectivity index (χ1n) is 4.40. The SMILES string of the molecule is Brc1ccc([I-]c2ccc(Br)cc2)cc1. The molecule has 0 atom stereocenters. The second-order valence-electron chi connectivity index (χ2n) is 2.97. The van der Waals surface area contributed by atoms with E-state index in [1.54, 1.807) is 0 Å². The van der Waals surface area contributed by atoms with E-state index in [9.17, 15) is 0 Å². The first-order chi connectivity index (χ1) is 7.24. The van der Waals surface area contributed by atoms with Gasteiger partial charge < -0.3 is 0 Å². The van der Waals surface area contributed by atoms with Gasteiger partial charge in [0.25, 0.3) is 0 Å². The van der Waals surface area contributed by atoms with Crippen molar-refractivity contribution < 1.29 is 21.2 Å². The van der Waals surface area contributed by atoms with Gasteiger partial charge >= 0.3 is 118 Å². The molecule has 0 aliphatic heterocycles. The summed E-state index contributed by atoms with van der Waals surface area (Å²) in [5.41, 5.74) is 0. The van der Waals surface area contributed by atoms with Gasteiger partial charge in [0.1, 0.15) is 0 Å². The van der Waals surface area contributed by atoms with Gasteiger partial charge in [0.15, 0.2) is 0 Å². The molecule has 2 aromatic carbocycles. The van der Waals surface area contributed by atoms with Crippen LogP contribution in [-0.2, 0) is 0 Å². The van der Waals surface area contributed by atoms with Crippen molar-refractivity contribution >= 4 is 31.9 Å². The Balaban J connectivity index is 2.15. The van der Waals surface area contributed by atoms with Crippen LogP contribution >= 0.6 is 31.9 Å². The second-order valence-corrected chi connectivity index (χ2v) is 7.83. The van der Waals surface area contributed by atoms with E-state index in [4.69, 9.17) is 0 Å². The third-order valence-corrected chi connectivity index (χ3v) is 5.57. The Labute approximate surface area is 117 Å². The predicted octanol–water partition coefficient (Wildman–Crippen LogP) is 1.34. The Morgan fingerprint density at radius 2 is 0.933 bits per heavy atom. The van der Waals surface area contributed by atoms with Crippen molar-refractivity contribution in [1.82, 2.24) is 0 Å². The second kappa shape index (κ2) is 5.46. The zero-order valence-corrected chi connectivity index (χ0v) is 13.1. The third-order valence-electron chi connectivity index (χ3n) is 1.83. The van der Waals surface area contributed by atoms with Gasteiger partial charge in [0.2, 0.25) is 0 Å². The molecule has 0 saturated heterocycles. The molecule has 0 aromatic heterocycles. The summed E-state index contributed by atoms with van der Waals surface area (Å²) in [5, 5.41) is 0. The molecule has 0 unspecified atom stereocenters. The quantitative estimate of drug-likeness (QED) is 0.621. The molecule has 0 aliphatic carbocycles. The zero-order valence-electron chi connectivity index (χ0n) is 7.75. The molecule has 0 bridgehead atoms. The summed E-state index contributed by atoms with van der Waals surface area (Å²) in [7, 11) is 0. The topological polar surface area (TPSA) is 0 Å². The fraction of sp³-hybridized carbons (Fsp3) is 0. The van der Waals surface area contributed by atoms with E-state index in [-0.39, 0.29) is 21.2 Å². The van der Waals surface area contributed by atoms with E-state index >= 15 is 0 Å². The van der Waals surface area contributed by atoms with Crippen molar-refractivity contribution in [2.24, 2.45) is 0 Å². The van der Waals surface area contributed by atoms with Crippen molar-refractivity contribution in [3.05, 3.63) is 64.6 Å². The van der Waals surface area contributed by atoms with Gasteiger partial charge in [0.05, 0.1) is 0 Å². The van der Waals surface area contributed by atoms with E-state index < -0.39 is 0 Å². The van der Waals surface area contributed by atoms with Crippen molar-refractivity contribution in [1.29, 1.82) is 0 Å². The average Bonchev–Trinajstić information content (AvgIpc) is 2.25. The molecule has 0 N–H and O–H groups in total. The van der Waals surface area contributed by atoms with Crippen LogP contribution in [0, 0.1) is 7.14 Å². The standard InChI is InChI=1S/C12H8Br2I/c13-9-1-5-11(6-2-9)15-12-7-3-10(14)4-8-12/h1-8H/q-1. The molecule has 0 spiro atoms. The van der Waals surface area contributed by atoms with Crippen molar-refractivity contribution in [2.75, 3.05) is 0 Å². The van der Waals surface area contributed by atoms with Crippen molar-refractivity contribution in [2.45, 2.75) is 0 Å². The van der Waals surface area contributed by atoms with E-state index in [2.05, 4.69) is 80.4 Å². The maximum absolute atomic E-state index is 3.45. The number of benzene rings is 2. The Hall–Kier alpha value is 0.130. The van der Waals surface area contributed by atoms with E-state index in [1.165, 1.54) is 7.14 Å². The van der Waals surface area contributed by atoms with Gasteiger partial charge in [0, 0.05) is 0 Å². The van der Waals surface area contributed by atoms with E-state index in [0.717, 1.165) is 8.95 Å². The monoisotopic (exact) mass is 437 g/mol. The van der Waals surface area contributed by atoms with Gasteiger partial charge in [-0.2, -0.15) is 0 Å². The molecular weight excluding hydrogens is 431 g/mol. The summed E-state index contributed by atoms with van der Waals surface area (Å²) < 4.78 is 5.18. The molecule has 0 heterocycles. The molecule has 0 aliphatic rings. The summed E-state index contributed by atoms with van der Waals surface area (Å²) in [4.78, 5) is 0. The minimum absolute atomic E-state index is 0.0385. The van der Waals surface area contributed by atoms with Crippen molar-refractivity contribution in [3.63, 3.8) is 0 Å². The van der Waals surface area contributed by atoms with E-state index in [0.29, 0.717) is 0 Å². The summed E-state index contributed by atoms with van der Waals surface area (Å²) >= 11 is 6.85. The molecule has 2 aromatic rings. The zero-order chi connectivity index (χ0) is 10.7. The Kier molecular flexibility index (Phi) is 4.22. The fourth-order valence-corrected chi connectivity index (χ4v) is 3.80. The van der Waals surface area contributed by atoms with Crippen molar-refractivity contribution in [3.8, 4) is 0 Å². The average molecular weight is 439 g/mol. The molecule has 0 nitrogen and oxygen atoms in total. The van der Waals surface area contributed by atoms with Crippen LogP contribution in [-0.4, -0.2) is 0 Å². The predicted molar refractivity (Wildman–Crippen MR) is 65.7 cm³/mol. The normalized spacial score (nSPS) is 10.5. The molecule has 3 heteroatoms. The first kappa shape index (κ1) is 11.6. The third kappa shape index (κ3) is 3.57. The molecule has 0 saturated carbocycles. The number of hydrogen-bond donors (Lipinski definition) is 0. The summed E-state index contributed by atoms with van der Waals surface area (Å²) in [6.07, 6.45) is 0. The van der Waals surface area contributed by atoms with Gasteiger partial charge in [-0.1, -0.05) is 0 Å². The molecule has 2 rings (SSSR count). The minimum atomic E-state index is -0.0385. The molecular formula is C12H8Br2I-. The fourth-order valence-electron chi connectivity index (χ4n) is 1.11. The summed E-state index contributed by atoms with van der Waals surface area (Å²) in [5.74, 6) is 0. The Morgan fingerprint density at radius 1 is 0.600 bits per heavy atom. The molecule has 15 heavy (non-hydrogen) atoms. The van der Waals surface area contributed by atoms with Crippen LogP contribution in [0.5, 0.6) is 0 Å². The van der Waals surface area contributed by atoms with Crippen LogP contribution in [0.15, 0.2) is 57.5 Å². The first-order valence-corrected chi connectivity index (χ1v) is 8.14. The van der Waals surface area contributed by atoms with Crippen LogP contribution in [0.2, 0.25) is 0 Å². The maximum atomic E-state index is 3.45. The van der Waals surface area contributed by atoms with Crippen LogP contribution in [0.4, 0.5) is 0 Å². The van der Waals surface area contributed by atoms with E-state index in [1.807, 2.05) is 0 Å². The summed E-state index contributed by atoms with van der Waals surface area (Å²) in [6, 6.07) is 17.2. The van der Waals surface area contributed by atoms with Gasteiger partial charge in [-0.15, -0.1) is 0 Å². The molecule has 0 amide bonds. The van der Waals surface area contributed by atoms with Gasteiger partial charge in [-0.3, -0.25) is 0 Å². The van der Waals surface area contributed by atoms with Crippen LogP contribution in [0.1, 0.15) is 0 Å².